The van der Waals surface area contributed by atoms with Crippen LogP contribution >= 0.6 is 0 Å². The van der Waals surface area contributed by atoms with E-state index in [-0.39, 0.29) is 12.0 Å². The Morgan fingerprint density at radius 1 is 1.48 bits per heavy atom. The fourth-order valence-corrected chi connectivity index (χ4v) is 2.07. The van der Waals surface area contributed by atoms with Gasteiger partial charge in [0, 0.05) is 24.2 Å². The first-order valence-corrected chi connectivity index (χ1v) is 6.82. The lowest BCUT2D eigenvalue weighted by molar-refractivity contribution is 0.0946. The molecule has 2 aromatic heterocycles. The Bertz CT molecular complexity index is 591. The summed E-state index contributed by atoms with van der Waals surface area (Å²) in [6, 6.07) is 6.87. The molecule has 0 unspecified atom stereocenters. The molecule has 0 aliphatic carbocycles. The summed E-state index contributed by atoms with van der Waals surface area (Å²) >= 11 is 0. The molecule has 1 aliphatic rings. The number of hydrogen-bond donors (Lipinski definition) is 1. The SMILES string of the molecule is O=C(NCc1ccco1)c1ccnc(O[C@@H]2CCOC2)c1. The van der Waals surface area contributed by atoms with Crippen molar-refractivity contribution in [2.75, 3.05) is 13.2 Å². The van der Waals surface area contributed by atoms with Gasteiger partial charge in [0.1, 0.15) is 11.9 Å². The average Bonchev–Trinajstić information content (AvgIpc) is 3.18. The van der Waals surface area contributed by atoms with Gasteiger partial charge in [0.2, 0.25) is 5.88 Å². The van der Waals surface area contributed by atoms with E-state index in [1.807, 2.05) is 6.07 Å². The van der Waals surface area contributed by atoms with E-state index in [9.17, 15) is 4.79 Å². The summed E-state index contributed by atoms with van der Waals surface area (Å²) in [5.41, 5.74) is 0.505. The fourth-order valence-electron chi connectivity index (χ4n) is 2.07. The molecule has 6 nitrogen and oxygen atoms in total. The molecule has 1 saturated heterocycles. The number of carbonyl (C=O) groups excluding carboxylic acids is 1. The maximum absolute atomic E-state index is 12.1. The third-order valence-electron chi connectivity index (χ3n) is 3.18. The Kier molecular flexibility index (Phi) is 4.16. The van der Waals surface area contributed by atoms with Crippen LogP contribution in [0.5, 0.6) is 5.88 Å². The third-order valence-corrected chi connectivity index (χ3v) is 3.18. The molecule has 0 saturated carbocycles. The molecule has 2 aromatic rings. The van der Waals surface area contributed by atoms with E-state index in [1.54, 1.807) is 30.7 Å². The zero-order valence-electron chi connectivity index (χ0n) is 11.5. The Hall–Kier alpha value is -2.34. The standard InChI is InChI=1S/C15H16N2O4/c18-15(17-9-12-2-1-6-20-12)11-3-5-16-14(8-11)21-13-4-7-19-10-13/h1-3,5-6,8,13H,4,7,9-10H2,(H,17,18)/t13-/m1/s1. The molecule has 3 rings (SSSR count). The van der Waals surface area contributed by atoms with Gasteiger partial charge in [-0.2, -0.15) is 0 Å². The monoisotopic (exact) mass is 288 g/mol. The highest BCUT2D eigenvalue weighted by atomic mass is 16.5. The van der Waals surface area contributed by atoms with Crippen LogP contribution in [0.2, 0.25) is 0 Å². The highest BCUT2D eigenvalue weighted by Crippen LogP contribution is 2.15. The number of hydrogen-bond acceptors (Lipinski definition) is 5. The van der Waals surface area contributed by atoms with Gasteiger partial charge in [-0.15, -0.1) is 0 Å². The second kappa shape index (κ2) is 6.41. The normalized spacial score (nSPS) is 17.6. The van der Waals surface area contributed by atoms with Crippen molar-refractivity contribution < 1.29 is 18.7 Å². The molecular formula is C15H16N2O4. The maximum atomic E-state index is 12.1. The van der Waals surface area contributed by atoms with Crippen molar-refractivity contribution in [1.82, 2.24) is 10.3 Å². The van der Waals surface area contributed by atoms with Crippen molar-refractivity contribution in [2.24, 2.45) is 0 Å². The number of rotatable bonds is 5. The summed E-state index contributed by atoms with van der Waals surface area (Å²) in [4.78, 5) is 16.2. The summed E-state index contributed by atoms with van der Waals surface area (Å²) in [5, 5.41) is 2.78. The molecule has 0 bridgehead atoms. The van der Waals surface area contributed by atoms with E-state index in [2.05, 4.69) is 10.3 Å². The minimum Gasteiger partial charge on any atom is -0.472 e. The van der Waals surface area contributed by atoms with E-state index < -0.39 is 0 Å². The lowest BCUT2D eigenvalue weighted by Gasteiger charge is -2.11. The second-order valence-corrected chi connectivity index (χ2v) is 4.75. The van der Waals surface area contributed by atoms with Crippen molar-refractivity contribution >= 4 is 5.91 Å². The van der Waals surface area contributed by atoms with Crippen LogP contribution in [0.1, 0.15) is 22.5 Å². The van der Waals surface area contributed by atoms with E-state index in [4.69, 9.17) is 13.9 Å². The number of nitrogens with zero attached hydrogens (tertiary/aromatic N) is 1. The molecule has 6 heteroatoms. The van der Waals surface area contributed by atoms with E-state index in [1.165, 1.54) is 0 Å². The Balaban J connectivity index is 1.60. The number of nitrogens with one attached hydrogen (secondary N) is 1. The molecule has 1 fully saturated rings. The molecule has 1 N–H and O–H groups in total. The second-order valence-electron chi connectivity index (χ2n) is 4.75. The van der Waals surface area contributed by atoms with Crippen molar-refractivity contribution in [3.8, 4) is 5.88 Å². The number of pyridine rings is 1. The third kappa shape index (κ3) is 3.61. The minimum absolute atomic E-state index is 0.0129. The Morgan fingerprint density at radius 3 is 3.19 bits per heavy atom. The van der Waals surface area contributed by atoms with E-state index in [0.717, 1.165) is 6.42 Å². The first-order chi connectivity index (χ1) is 10.3. The molecule has 3 heterocycles. The van der Waals surface area contributed by atoms with Crippen LogP contribution in [0.4, 0.5) is 0 Å². The highest BCUT2D eigenvalue weighted by molar-refractivity contribution is 5.94. The van der Waals surface area contributed by atoms with Crippen LogP contribution in [0.3, 0.4) is 0 Å². The highest BCUT2D eigenvalue weighted by Gasteiger charge is 2.18. The number of furan rings is 1. The van der Waals surface area contributed by atoms with E-state index in [0.29, 0.717) is 37.0 Å². The smallest absolute Gasteiger partial charge is 0.251 e. The Labute approximate surface area is 122 Å². The van der Waals surface area contributed by atoms with Crippen molar-refractivity contribution in [1.29, 1.82) is 0 Å². The predicted molar refractivity (Wildman–Crippen MR) is 74.0 cm³/mol. The van der Waals surface area contributed by atoms with Gasteiger partial charge in [0.15, 0.2) is 0 Å². The van der Waals surface area contributed by atoms with Crippen molar-refractivity contribution in [2.45, 2.75) is 19.1 Å². The maximum Gasteiger partial charge on any atom is 0.251 e. The molecular weight excluding hydrogens is 272 g/mol. The summed E-state index contributed by atoms with van der Waals surface area (Å²) < 4.78 is 16.1. The van der Waals surface area contributed by atoms with Crippen LogP contribution in [0, 0.1) is 0 Å². The van der Waals surface area contributed by atoms with E-state index >= 15 is 0 Å². The predicted octanol–water partition coefficient (Wildman–Crippen LogP) is 1.77. The fraction of sp³-hybridized carbons (Fsp3) is 0.333. The molecule has 0 radical (unpaired) electrons. The minimum atomic E-state index is -0.193. The molecule has 1 amide bonds. The van der Waals surface area contributed by atoms with Gasteiger partial charge in [-0.1, -0.05) is 0 Å². The topological polar surface area (TPSA) is 73.6 Å². The zero-order chi connectivity index (χ0) is 14.5. The number of aromatic nitrogens is 1. The van der Waals surface area contributed by atoms with Gasteiger partial charge in [-0.3, -0.25) is 4.79 Å². The number of ether oxygens (including phenoxy) is 2. The largest absolute Gasteiger partial charge is 0.472 e. The quantitative estimate of drug-likeness (QED) is 0.907. The van der Waals surface area contributed by atoms with Gasteiger partial charge in [-0.25, -0.2) is 4.98 Å². The van der Waals surface area contributed by atoms with Gasteiger partial charge in [0.05, 0.1) is 26.0 Å². The molecule has 1 atom stereocenters. The van der Waals surface area contributed by atoms with Gasteiger partial charge in [0.25, 0.3) is 5.91 Å². The van der Waals surface area contributed by atoms with Gasteiger partial charge >= 0.3 is 0 Å². The number of amides is 1. The van der Waals surface area contributed by atoms with Crippen molar-refractivity contribution in [3.05, 3.63) is 48.0 Å². The first kappa shape index (κ1) is 13.6. The molecule has 1 aliphatic heterocycles. The number of carbonyl (C=O) groups is 1. The van der Waals surface area contributed by atoms with Crippen LogP contribution < -0.4 is 10.1 Å². The van der Waals surface area contributed by atoms with Crippen LogP contribution in [-0.2, 0) is 11.3 Å². The summed E-state index contributed by atoms with van der Waals surface area (Å²) in [6.45, 7) is 1.62. The van der Waals surface area contributed by atoms with Crippen LogP contribution in [0.15, 0.2) is 41.1 Å². The van der Waals surface area contributed by atoms with Gasteiger partial charge in [-0.05, 0) is 18.2 Å². The summed E-state index contributed by atoms with van der Waals surface area (Å²) in [7, 11) is 0. The molecule has 110 valence electrons. The lowest BCUT2D eigenvalue weighted by atomic mass is 10.2. The first-order valence-electron chi connectivity index (χ1n) is 6.82. The molecule has 0 aromatic carbocycles. The average molecular weight is 288 g/mol. The molecule has 0 spiro atoms. The van der Waals surface area contributed by atoms with Crippen LogP contribution in [0.25, 0.3) is 0 Å². The lowest BCUT2D eigenvalue weighted by Crippen LogP contribution is -2.23. The molecule has 21 heavy (non-hydrogen) atoms. The summed E-state index contributed by atoms with van der Waals surface area (Å²) in [5.74, 6) is 0.953. The van der Waals surface area contributed by atoms with Crippen molar-refractivity contribution in [3.63, 3.8) is 0 Å². The van der Waals surface area contributed by atoms with Gasteiger partial charge < -0.3 is 19.2 Å². The summed E-state index contributed by atoms with van der Waals surface area (Å²) in [6.07, 6.45) is 3.99. The Morgan fingerprint density at radius 2 is 2.43 bits per heavy atom. The zero-order valence-corrected chi connectivity index (χ0v) is 11.5. The van der Waals surface area contributed by atoms with Crippen LogP contribution in [-0.4, -0.2) is 30.2 Å².